The maximum Gasteiger partial charge on any atom is 0.479 e. The zero-order valence-electron chi connectivity index (χ0n) is 12.9. The van der Waals surface area contributed by atoms with Gasteiger partial charge in [-0.3, -0.25) is 9.09 Å². The van der Waals surface area contributed by atoms with Gasteiger partial charge in [0.05, 0.1) is 17.3 Å². The third-order valence-corrected chi connectivity index (χ3v) is 7.03. The molecule has 132 valence electrons. The van der Waals surface area contributed by atoms with Crippen molar-refractivity contribution < 1.29 is 36.2 Å². The fourth-order valence-corrected chi connectivity index (χ4v) is 5.47. The van der Waals surface area contributed by atoms with Crippen LogP contribution in [0.5, 0.6) is 0 Å². The minimum absolute atomic E-state index is 0.0190. The maximum absolute atomic E-state index is 12.3. The molecule has 8 nitrogen and oxygen atoms in total. The summed E-state index contributed by atoms with van der Waals surface area (Å²) in [5, 5.41) is 0. The zero-order valence-corrected chi connectivity index (χ0v) is 15.6. The van der Waals surface area contributed by atoms with Crippen LogP contribution in [0, 0.1) is 0 Å². The number of hydrogen-bond donors (Lipinski definition) is 2. The molecule has 0 saturated heterocycles. The Morgan fingerprint density at radius 1 is 1.17 bits per heavy atom. The minimum atomic E-state index is -4.80. The number of hydrogen-bond acceptors (Lipinski definition) is 6. The van der Waals surface area contributed by atoms with E-state index in [4.69, 9.17) is 4.89 Å². The molecule has 1 aromatic carbocycles. The zero-order chi connectivity index (χ0) is 17.9. The van der Waals surface area contributed by atoms with Gasteiger partial charge in [-0.1, -0.05) is 32.0 Å². The van der Waals surface area contributed by atoms with Gasteiger partial charge in [0.2, 0.25) is 0 Å². The largest absolute Gasteiger partial charge is 0.479 e. The molecule has 0 aliphatic heterocycles. The van der Waals surface area contributed by atoms with Crippen molar-refractivity contribution in [2.45, 2.75) is 24.7 Å². The van der Waals surface area contributed by atoms with Gasteiger partial charge in [-0.25, -0.2) is 17.3 Å². The van der Waals surface area contributed by atoms with Gasteiger partial charge in [0, 0.05) is 6.66 Å². The fourth-order valence-electron chi connectivity index (χ4n) is 1.83. The minimum Gasteiger partial charge on any atom is -0.324 e. The number of phosphoric acid groups is 1. The number of phosphoric ester groups is 1. The highest BCUT2D eigenvalue weighted by atomic mass is 32.2. The van der Waals surface area contributed by atoms with Gasteiger partial charge in [0.25, 0.3) is 0 Å². The lowest BCUT2D eigenvalue weighted by Gasteiger charge is -2.15. The predicted octanol–water partition coefficient (Wildman–Crippen LogP) is 2.53. The van der Waals surface area contributed by atoms with E-state index in [-0.39, 0.29) is 10.8 Å². The first-order valence-corrected chi connectivity index (χ1v) is 11.8. The second-order valence-corrected chi connectivity index (χ2v) is 10.7. The highest BCUT2D eigenvalue weighted by Crippen LogP contribution is 2.57. The molecule has 2 N–H and O–H groups in total. The van der Waals surface area contributed by atoms with Crippen molar-refractivity contribution in [3.63, 3.8) is 0 Å². The van der Waals surface area contributed by atoms with E-state index >= 15 is 0 Å². The van der Waals surface area contributed by atoms with Crippen LogP contribution in [0.15, 0.2) is 29.2 Å². The molecule has 23 heavy (non-hydrogen) atoms. The van der Waals surface area contributed by atoms with Crippen LogP contribution in [0.25, 0.3) is 0 Å². The number of rotatable bonds is 8. The van der Waals surface area contributed by atoms with Crippen molar-refractivity contribution in [3.8, 4) is 0 Å². The van der Waals surface area contributed by atoms with E-state index < -0.39 is 37.6 Å². The van der Waals surface area contributed by atoms with Crippen LogP contribution in [0.4, 0.5) is 0 Å². The molecule has 0 radical (unpaired) electrons. The molecule has 0 aliphatic rings. The molecular weight excluding hydrogens is 366 g/mol. The third kappa shape index (κ3) is 6.85. The lowest BCUT2D eigenvalue weighted by Crippen LogP contribution is -2.14. The fraction of sp³-hybridized carbons (Fsp3) is 0.500. The Morgan fingerprint density at radius 3 is 2.26 bits per heavy atom. The van der Waals surface area contributed by atoms with Gasteiger partial charge in [0.15, 0.2) is 9.84 Å². The van der Waals surface area contributed by atoms with Gasteiger partial charge in [-0.05, 0) is 17.5 Å². The monoisotopic (exact) mass is 386 g/mol. The van der Waals surface area contributed by atoms with Crippen LogP contribution < -0.4 is 0 Å². The Bertz CT molecular complexity index is 737. The molecule has 2 unspecified atom stereocenters. The Balaban J connectivity index is 2.82. The van der Waals surface area contributed by atoms with E-state index in [1.54, 1.807) is 18.2 Å². The molecule has 0 fully saturated rings. The first-order valence-electron chi connectivity index (χ1n) is 6.65. The predicted molar refractivity (Wildman–Crippen MR) is 85.2 cm³/mol. The topological polar surface area (TPSA) is 127 Å². The molecular formula is C12H20O8P2S. The van der Waals surface area contributed by atoms with E-state index in [0.717, 1.165) is 6.66 Å². The van der Waals surface area contributed by atoms with Gasteiger partial charge < -0.3 is 9.79 Å². The first-order chi connectivity index (χ1) is 10.3. The summed E-state index contributed by atoms with van der Waals surface area (Å²) >= 11 is 0. The molecule has 0 aromatic heterocycles. The van der Waals surface area contributed by atoms with E-state index in [0.29, 0.717) is 5.56 Å². The van der Waals surface area contributed by atoms with Crippen LogP contribution in [-0.2, 0) is 27.8 Å². The maximum atomic E-state index is 12.3. The SMILES string of the molecule is CC(C)c1ccccc1S(=O)(=O)CCOP(=O)(O)OP(C)(=O)O. The van der Waals surface area contributed by atoms with E-state index in [1.165, 1.54) is 6.07 Å². The summed E-state index contributed by atoms with van der Waals surface area (Å²) in [5.41, 5.74) is 0.629. The van der Waals surface area contributed by atoms with Crippen LogP contribution in [0.1, 0.15) is 25.3 Å². The van der Waals surface area contributed by atoms with Crippen molar-refractivity contribution in [2.24, 2.45) is 0 Å². The van der Waals surface area contributed by atoms with Crippen molar-refractivity contribution in [3.05, 3.63) is 29.8 Å². The van der Waals surface area contributed by atoms with Crippen molar-refractivity contribution in [1.29, 1.82) is 0 Å². The summed E-state index contributed by atoms with van der Waals surface area (Å²) in [7, 11) is -12.8. The molecule has 1 aromatic rings. The molecule has 1 rings (SSSR count). The Kier molecular flexibility index (Phi) is 6.75. The average Bonchev–Trinajstić information content (AvgIpc) is 2.35. The quantitative estimate of drug-likeness (QED) is 0.653. The van der Waals surface area contributed by atoms with Crippen LogP contribution in [0.3, 0.4) is 0 Å². The summed E-state index contributed by atoms with van der Waals surface area (Å²) in [4.78, 5) is 18.3. The molecule has 0 amide bonds. The molecule has 0 saturated carbocycles. The lowest BCUT2D eigenvalue weighted by molar-refractivity contribution is 0.206. The van der Waals surface area contributed by atoms with Crippen molar-refractivity contribution in [1.82, 2.24) is 0 Å². The molecule has 2 atom stereocenters. The summed E-state index contributed by atoms with van der Waals surface area (Å²) < 4.78 is 55.5. The van der Waals surface area contributed by atoms with E-state index in [2.05, 4.69) is 8.83 Å². The Labute approximate surface area is 135 Å². The first kappa shape index (κ1) is 20.5. The highest BCUT2D eigenvalue weighted by molar-refractivity contribution is 7.91. The highest BCUT2D eigenvalue weighted by Gasteiger charge is 2.31. The van der Waals surface area contributed by atoms with E-state index in [9.17, 15) is 22.4 Å². The second kappa shape index (κ2) is 7.57. The van der Waals surface area contributed by atoms with Crippen LogP contribution in [0.2, 0.25) is 0 Å². The molecule has 0 aliphatic carbocycles. The second-order valence-electron chi connectivity index (χ2n) is 5.20. The average molecular weight is 386 g/mol. The summed E-state index contributed by atoms with van der Waals surface area (Å²) in [6, 6.07) is 6.45. The van der Waals surface area contributed by atoms with Crippen molar-refractivity contribution >= 4 is 25.3 Å². The normalized spacial score (nSPS) is 17.7. The van der Waals surface area contributed by atoms with Gasteiger partial charge >= 0.3 is 15.4 Å². The molecule has 0 heterocycles. The standard InChI is InChI=1S/C12H20O8P2S/c1-10(2)11-6-4-5-7-12(11)23(17,18)9-8-19-22(15,16)20-21(3,13)14/h4-7,10H,8-9H2,1-3H3,(H,13,14)(H,15,16). The van der Waals surface area contributed by atoms with Crippen molar-refractivity contribution in [2.75, 3.05) is 19.0 Å². The summed E-state index contributed by atoms with van der Waals surface area (Å²) in [5.74, 6) is -0.584. The lowest BCUT2D eigenvalue weighted by atomic mass is 10.0. The number of benzene rings is 1. The van der Waals surface area contributed by atoms with Crippen LogP contribution >= 0.6 is 15.4 Å². The summed E-state index contributed by atoms with van der Waals surface area (Å²) in [6.07, 6.45) is 0. The smallest absolute Gasteiger partial charge is 0.324 e. The van der Waals surface area contributed by atoms with E-state index in [1.807, 2.05) is 13.8 Å². The third-order valence-electron chi connectivity index (χ3n) is 2.74. The molecule has 0 spiro atoms. The van der Waals surface area contributed by atoms with Gasteiger partial charge in [0.1, 0.15) is 0 Å². The molecule has 11 heteroatoms. The molecule has 0 bridgehead atoms. The van der Waals surface area contributed by atoms with Gasteiger partial charge in [-0.2, -0.15) is 0 Å². The van der Waals surface area contributed by atoms with Gasteiger partial charge in [-0.15, -0.1) is 0 Å². The Hall–Kier alpha value is -0.530. The summed E-state index contributed by atoms with van der Waals surface area (Å²) in [6.45, 7) is 3.76. The van der Waals surface area contributed by atoms with Crippen LogP contribution in [-0.4, -0.2) is 37.2 Å². The number of sulfone groups is 1. The Morgan fingerprint density at radius 2 is 1.74 bits per heavy atom.